The minimum atomic E-state index is -0.651. The lowest BCUT2D eigenvalue weighted by atomic mass is 10.2. The number of aromatic nitrogens is 4. The van der Waals surface area contributed by atoms with Crippen LogP contribution < -0.4 is 31.7 Å². The number of ether oxygens (including phenoxy) is 1. The summed E-state index contributed by atoms with van der Waals surface area (Å²) in [4.78, 5) is 43.8. The predicted molar refractivity (Wildman–Crippen MR) is 130 cm³/mol. The molecule has 4 N–H and O–H groups in total. The van der Waals surface area contributed by atoms with E-state index < -0.39 is 17.3 Å². The van der Waals surface area contributed by atoms with Gasteiger partial charge in [0.05, 0.1) is 18.8 Å². The maximum absolute atomic E-state index is 13.0. The number of H-pyrrole nitrogens is 1. The molecule has 0 spiro atoms. The Kier molecular flexibility index (Phi) is 6.93. The molecule has 0 aliphatic heterocycles. The van der Waals surface area contributed by atoms with Gasteiger partial charge in [0, 0.05) is 11.2 Å². The topological polar surface area (TPSA) is 136 Å². The van der Waals surface area contributed by atoms with Crippen LogP contribution in [0.3, 0.4) is 0 Å². The van der Waals surface area contributed by atoms with Crippen LogP contribution >= 0.6 is 11.6 Å². The number of amides is 1. The summed E-state index contributed by atoms with van der Waals surface area (Å²) < 4.78 is 8.24. The summed E-state index contributed by atoms with van der Waals surface area (Å²) in [5.41, 5.74) is 5.96. The number of nitrogens with one attached hydrogen (secondary N) is 2. The standard InChI is InChI=1S/C24H21ClN6O4/c1-2-30-23(33)29-22(31(24(30)34)14-15-5-7-16(25)8-6-15)28-17-9-11-18(12-10-17)35-21-19(20(26)32)4-3-13-27-21/h3-13H,2,14H2,1H3,(H3,26,28,29,32,33)/p+1. The van der Waals surface area contributed by atoms with Gasteiger partial charge in [-0.3, -0.25) is 10.1 Å². The number of hydrogen-bond acceptors (Lipinski definition) is 6. The van der Waals surface area contributed by atoms with E-state index in [1.807, 2.05) is 12.1 Å². The van der Waals surface area contributed by atoms with Crippen molar-refractivity contribution >= 4 is 29.1 Å². The molecule has 0 fully saturated rings. The van der Waals surface area contributed by atoms with Crippen LogP contribution in [0.4, 0.5) is 11.6 Å². The summed E-state index contributed by atoms with van der Waals surface area (Å²) in [6, 6.07) is 16.9. The monoisotopic (exact) mass is 493 g/mol. The Balaban J connectivity index is 1.62. The predicted octanol–water partition coefficient (Wildman–Crippen LogP) is 2.58. The molecular formula is C24H22ClN6O4+. The third-order valence-corrected chi connectivity index (χ3v) is 5.39. The van der Waals surface area contributed by atoms with Crippen molar-refractivity contribution in [2.45, 2.75) is 20.0 Å². The van der Waals surface area contributed by atoms with Gasteiger partial charge in [0.25, 0.3) is 5.91 Å². The molecule has 0 aliphatic carbocycles. The number of primary amides is 1. The number of benzene rings is 2. The summed E-state index contributed by atoms with van der Waals surface area (Å²) in [6.07, 6.45) is 1.49. The molecular weight excluding hydrogens is 472 g/mol. The van der Waals surface area contributed by atoms with E-state index in [2.05, 4.69) is 15.3 Å². The van der Waals surface area contributed by atoms with Crippen molar-refractivity contribution in [3.8, 4) is 11.6 Å². The maximum atomic E-state index is 13.0. The van der Waals surface area contributed by atoms with Gasteiger partial charge >= 0.3 is 17.3 Å². The van der Waals surface area contributed by atoms with E-state index in [1.54, 1.807) is 49.4 Å². The molecule has 2 aromatic heterocycles. The Morgan fingerprint density at radius 1 is 1.14 bits per heavy atom. The molecule has 2 aromatic carbocycles. The molecule has 4 aromatic rings. The fourth-order valence-electron chi connectivity index (χ4n) is 3.38. The summed E-state index contributed by atoms with van der Waals surface area (Å²) >= 11 is 5.97. The van der Waals surface area contributed by atoms with Crippen molar-refractivity contribution in [1.29, 1.82) is 0 Å². The summed E-state index contributed by atoms with van der Waals surface area (Å²) in [7, 11) is 0. The molecule has 10 nitrogen and oxygen atoms in total. The zero-order valence-electron chi connectivity index (χ0n) is 18.7. The van der Waals surface area contributed by atoms with Crippen LogP contribution in [0, 0.1) is 0 Å². The number of nitrogens with zero attached hydrogens (tertiary/aromatic N) is 3. The number of carbonyl (C=O) groups is 1. The van der Waals surface area contributed by atoms with Gasteiger partial charge in [-0.1, -0.05) is 23.7 Å². The zero-order valence-corrected chi connectivity index (χ0v) is 19.5. The molecule has 35 heavy (non-hydrogen) atoms. The number of halogens is 1. The summed E-state index contributed by atoms with van der Waals surface area (Å²) in [6.45, 7) is 2.16. The number of nitrogens with two attached hydrogens (primary N) is 1. The van der Waals surface area contributed by atoms with Crippen molar-refractivity contribution in [1.82, 2.24) is 14.5 Å². The first kappa shape index (κ1) is 23.7. The van der Waals surface area contributed by atoms with Crippen molar-refractivity contribution in [3.05, 3.63) is 104 Å². The number of rotatable bonds is 8. The van der Waals surface area contributed by atoms with Gasteiger partial charge in [0.2, 0.25) is 5.88 Å². The summed E-state index contributed by atoms with van der Waals surface area (Å²) in [5.74, 6) is 0.0751. The highest BCUT2D eigenvalue weighted by molar-refractivity contribution is 6.30. The van der Waals surface area contributed by atoms with Crippen LogP contribution in [0.1, 0.15) is 22.8 Å². The van der Waals surface area contributed by atoms with Crippen LogP contribution in [-0.2, 0) is 13.1 Å². The van der Waals surface area contributed by atoms with Crippen LogP contribution in [-0.4, -0.2) is 20.4 Å². The summed E-state index contributed by atoms with van der Waals surface area (Å²) in [5, 5.41) is 3.66. The molecule has 1 amide bonds. The van der Waals surface area contributed by atoms with E-state index >= 15 is 0 Å². The lowest BCUT2D eigenvalue weighted by Gasteiger charge is -2.11. The van der Waals surface area contributed by atoms with Crippen LogP contribution in [0.25, 0.3) is 0 Å². The van der Waals surface area contributed by atoms with Crippen molar-refractivity contribution in [3.63, 3.8) is 0 Å². The molecule has 0 unspecified atom stereocenters. The normalized spacial score (nSPS) is 10.7. The molecule has 4 rings (SSSR count). The highest BCUT2D eigenvalue weighted by Gasteiger charge is 2.19. The lowest BCUT2D eigenvalue weighted by molar-refractivity contribution is -0.696. The molecule has 0 saturated carbocycles. The maximum Gasteiger partial charge on any atom is 0.421 e. The smallest absolute Gasteiger partial charge is 0.421 e. The van der Waals surface area contributed by atoms with Gasteiger partial charge in [-0.05, 0) is 61.0 Å². The lowest BCUT2D eigenvalue weighted by Crippen LogP contribution is -2.60. The number of anilines is 2. The second-order valence-corrected chi connectivity index (χ2v) is 7.93. The van der Waals surface area contributed by atoms with Gasteiger partial charge in [-0.15, -0.1) is 0 Å². The van der Waals surface area contributed by atoms with E-state index in [4.69, 9.17) is 22.1 Å². The molecule has 2 heterocycles. The Hall–Kier alpha value is -4.44. The second-order valence-electron chi connectivity index (χ2n) is 7.49. The van der Waals surface area contributed by atoms with Crippen molar-refractivity contribution < 1.29 is 14.1 Å². The quantitative estimate of drug-likeness (QED) is 0.323. The Bertz CT molecular complexity index is 1480. The van der Waals surface area contributed by atoms with Gasteiger partial charge in [-0.25, -0.2) is 19.6 Å². The molecule has 0 aliphatic rings. The van der Waals surface area contributed by atoms with E-state index in [1.165, 1.54) is 16.8 Å². The first-order chi connectivity index (χ1) is 16.9. The van der Waals surface area contributed by atoms with E-state index in [-0.39, 0.29) is 30.5 Å². The van der Waals surface area contributed by atoms with Crippen molar-refractivity contribution in [2.75, 3.05) is 5.32 Å². The molecule has 0 atom stereocenters. The number of aromatic amines is 1. The van der Waals surface area contributed by atoms with Crippen LogP contribution in [0.2, 0.25) is 5.02 Å². The second kappa shape index (κ2) is 10.2. The SMILES string of the molecule is CCn1c(=O)[nH]c(Nc2ccc(Oc3ncccc3C(N)=O)cc2)[n+](Cc2ccc(Cl)cc2)c1=O. The zero-order chi connectivity index (χ0) is 24.9. The largest absolute Gasteiger partial charge is 0.438 e. The van der Waals surface area contributed by atoms with Gasteiger partial charge in [0.1, 0.15) is 11.3 Å². The fraction of sp³-hybridized carbons (Fsp3) is 0.125. The third-order valence-electron chi connectivity index (χ3n) is 5.14. The number of pyridine rings is 1. The van der Waals surface area contributed by atoms with Gasteiger partial charge in [-0.2, -0.15) is 9.13 Å². The van der Waals surface area contributed by atoms with Crippen LogP contribution in [0.15, 0.2) is 76.4 Å². The Labute approximate surface area is 204 Å². The third kappa shape index (κ3) is 5.39. The molecule has 11 heteroatoms. The molecule has 0 saturated heterocycles. The average Bonchev–Trinajstić information content (AvgIpc) is 2.84. The van der Waals surface area contributed by atoms with E-state index in [9.17, 15) is 14.4 Å². The van der Waals surface area contributed by atoms with Crippen LogP contribution in [0.5, 0.6) is 11.6 Å². The Morgan fingerprint density at radius 2 is 1.86 bits per heavy atom. The Morgan fingerprint density at radius 3 is 2.51 bits per heavy atom. The fourth-order valence-corrected chi connectivity index (χ4v) is 3.50. The van der Waals surface area contributed by atoms with E-state index in [0.717, 1.165) is 10.1 Å². The average molecular weight is 494 g/mol. The number of carbonyl (C=O) groups excluding carboxylic acids is 1. The molecule has 0 bridgehead atoms. The van der Waals surface area contributed by atoms with Gasteiger partial charge < -0.3 is 10.5 Å². The first-order valence-corrected chi connectivity index (χ1v) is 11.0. The number of hydrogen-bond donors (Lipinski definition) is 3. The molecule has 0 radical (unpaired) electrons. The highest BCUT2D eigenvalue weighted by Crippen LogP contribution is 2.24. The minimum absolute atomic E-state index is 0.0917. The van der Waals surface area contributed by atoms with E-state index in [0.29, 0.717) is 16.5 Å². The van der Waals surface area contributed by atoms with Crippen molar-refractivity contribution in [2.24, 2.45) is 5.73 Å². The van der Waals surface area contributed by atoms with Gasteiger partial charge in [0.15, 0.2) is 0 Å². The highest BCUT2D eigenvalue weighted by atomic mass is 35.5. The molecule has 178 valence electrons. The first-order valence-electron chi connectivity index (χ1n) is 10.7. The minimum Gasteiger partial charge on any atom is -0.438 e.